The van der Waals surface area contributed by atoms with Crippen LogP contribution in [0.2, 0.25) is 0 Å². The Morgan fingerprint density at radius 3 is 0.762 bits per heavy atom. The Balaban J connectivity index is 3.94. The van der Waals surface area contributed by atoms with Gasteiger partial charge in [-0.15, -0.1) is 0 Å². The van der Waals surface area contributed by atoms with Crippen molar-refractivity contribution < 1.29 is 42.9 Å². The summed E-state index contributed by atoms with van der Waals surface area (Å²) in [6.07, 6.45) is 121. The van der Waals surface area contributed by atoms with Gasteiger partial charge in [0.2, 0.25) is 0 Å². The highest BCUT2D eigenvalue weighted by Crippen LogP contribution is 2.20. The van der Waals surface area contributed by atoms with E-state index in [0.717, 1.165) is 109 Å². The van der Waals surface area contributed by atoms with Crippen molar-refractivity contribution in [3.8, 4) is 0 Å². The fourth-order valence-electron chi connectivity index (χ4n) is 12.8. The molecule has 1 N–H and O–H groups in total. The second-order valence-corrected chi connectivity index (χ2v) is 30.8. The van der Waals surface area contributed by atoms with Crippen molar-refractivity contribution >= 4 is 17.9 Å². The smallest absolute Gasteiger partial charge is 0.361 e. The molecule has 0 aromatic heterocycles. The van der Waals surface area contributed by atoms with Crippen LogP contribution < -0.4 is 0 Å². The molecule has 0 aliphatic heterocycles. The highest BCUT2D eigenvalue weighted by Gasteiger charge is 2.25. The summed E-state index contributed by atoms with van der Waals surface area (Å²) in [5, 5.41) is 9.80. The van der Waals surface area contributed by atoms with E-state index in [1.165, 1.54) is 263 Å². The van der Waals surface area contributed by atoms with Crippen molar-refractivity contribution in [2.45, 2.75) is 411 Å². The number of carboxylic acids is 1. The van der Waals surface area contributed by atoms with Gasteiger partial charge >= 0.3 is 17.9 Å². The third-order valence-corrected chi connectivity index (χ3v) is 19.4. The molecule has 0 aromatic carbocycles. The van der Waals surface area contributed by atoms with Gasteiger partial charge in [0.15, 0.2) is 6.10 Å². The van der Waals surface area contributed by atoms with E-state index in [4.69, 9.17) is 18.9 Å². The van der Waals surface area contributed by atoms with Gasteiger partial charge in [-0.2, -0.15) is 0 Å². The maximum absolute atomic E-state index is 13.0. The number of unbranched alkanes of at least 4 members (excludes halogenated alkanes) is 45. The standard InChI is InChI=1S/C96H167NO8/c1-6-8-10-12-14-16-18-20-22-24-26-28-30-32-34-36-38-40-42-44-46-47-49-51-53-55-57-59-61-63-65-67-69-71-73-75-77-79-81-83-85-87-94(99)105-92(91-104-96(95(100)101)102-89-88-97(3,4)5)90-103-93(98)86-84-82-80-78-76-74-72-70-68-66-64-62-60-58-56-54-52-50-48-45-43-41-39-37-35-33-31-29-27-25-23-21-19-17-15-13-11-9-7-2/h8-11,14-17,20-23,26-29,32-35,38,40,92,96H,6-7,12-13,18-19,24-25,30-31,36-37,39,41-91H2,1-5H3/p+1/b10-8-,11-9-,16-14-,17-15-,22-20-,23-21-,28-26-,29-27-,34-32-,35-33-,40-38-. The molecule has 0 heterocycles. The first-order valence-corrected chi connectivity index (χ1v) is 44.3. The minimum Gasteiger partial charge on any atom is -0.477 e. The van der Waals surface area contributed by atoms with Gasteiger partial charge in [0, 0.05) is 12.8 Å². The van der Waals surface area contributed by atoms with E-state index in [2.05, 4.69) is 148 Å². The average molecular weight is 1460 g/mol. The van der Waals surface area contributed by atoms with Gasteiger partial charge in [0.1, 0.15) is 13.2 Å². The van der Waals surface area contributed by atoms with Crippen molar-refractivity contribution in [3.05, 3.63) is 134 Å². The molecule has 105 heavy (non-hydrogen) atoms. The maximum atomic E-state index is 13.0. The predicted octanol–water partition coefficient (Wildman–Crippen LogP) is 29.2. The number of hydrogen-bond acceptors (Lipinski definition) is 7. The van der Waals surface area contributed by atoms with Crippen molar-refractivity contribution in [1.29, 1.82) is 0 Å². The molecular formula is C96H168NO8+. The maximum Gasteiger partial charge on any atom is 0.361 e. The third kappa shape index (κ3) is 86.5. The van der Waals surface area contributed by atoms with Gasteiger partial charge < -0.3 is 28.5 Å². The first-order chi connectivity index (χ1) is 51.6. The lowest BCUT2D eigenvalue weighted by Gasteiger charge is -2.25. The number of carbonyl (C=O) groups is 3. The first-order valence-electron chi connectivity index (χ1n) is 44.3. The Morgan fingerprint density at radius 2 is 0.514 bits per heavy atom. The number of likely N-dealkylation sites (N-methyl/N-ethyl adjacent to an activating group) is 1. The molecule has 0 saturated carbocycles. The molecule has 0 aliphatic rings. The molecule has 0 radical (unpaired) electrons. The molecule has 0 aliphatic carbocycles. The van der Waals surface area contributed by atoms with Crippen LogP contribution in [0.1, 0.15) is 399 Å². The number of aliphatic carboxylic acids is 1. The van der Waals surface area contributed by atoms with Crippen LogP contribution in [0.25, 0.3) is 0 Å². The molecule has 2 unspecified atom stereocenters. The lowest BCUT2D eigenvalue weighted by Crippen LogP contribution is -2.40. The van der Waals surface area contributed by atoms with Crippen molar-refractivity contribution in [2.75, 3.05) is 47.5 Å². The fraction of sp³-hybridized carbons (Fsp3) is 0.740. The summed E-state index contributed by atoms with van der Waals surface area (Å²) in [4.78, 5) is 37.8. The van der Waals surface area contributed by atoms with Crippen LogP contribution in [0.4, 0.5) is 0 Å². The number of esters is 2. The number of quaternary nitrogens is 1. The van der Waals surface area contributed by atoms with Gasteiger partial charge in [-0.1, -0.05) is 411 Å². The summed E-state index contributed by atoms with van der Waals surface area (Å²) in [5.41, 5.74) is 0. The number of rotatable bonds is 82. The van der Waals surface area contributed by atoms with E-state index in [9.17, 15) is 19.5 Å². The number of nitrogens with zero attached hydrogens (tertiary/aromatic N) is 1. The fourth-order valence-corrected chi connectivity index (χ4v) is 12.8. The molecule has 0 spiro atoms. The number of ether oxygens (including phenoxy) is 4. The number of hydrogen-bond donors (Lipinski definition) is 1. The van der Waals surface area contributed by atoms with Crippen LogP contribution in [0, 0.1) is 0 Å². The topological polar surface area (TPSA) is 108 Å². The van der Waals surface area contributed by atoms with Gasteiger partial charge in [0.25, 0.3) is 6.29 Å². The molecule has 2 atom stereocenters. The van der Waals surface area contributed by atoms with Crippen LogP contribution in [0.15, 0.2) is 134 Å². The van der Waals surface area contributed by atoms with Crippen LogP contribution in [-0.4, -0.2) is 87.4 Å². The molecular weight excluding hydrogens is 1300 g/mol. The van der Waals surface area contributed by atoms with Gasteiger partial charge in [0.05, 0.1) is 34.4 Å². The quantitative estimate of drug-likeness (QED) is 0.0211. The van der Waals surface area contributed by atoms with Gasteiger partial charge in [-0.05, 0) is 109 Å². The zero-order valence-electron chi connectivity index (χ0n) is 69.4. The van der Waals surface area contributed by atoms with E-state index in [1.807, 2.05) is 21.1 Å². The lowest BCUT2D eigenvalue weighted by molar-refractivity contribution is -0.870. The zero-order valence-corrected chi connectivity index (χ0v) is 69.4. The number of allylic oxidation sites excluding steroid dienone is 22. The Labute approximate surface area is 650 Å². The predicted molar refractivity (Wildman–Crippen MR) is 456 cm³/mol. The van der Waals surface area contributed by atoms with E-state index >= 15 is 0 Å². The lowest BCUT2D eigenvalue weighted by atomic mass is 10.0. The third-order valence-electron chi connectivity index (χ3n) is 19.4. The van der Waals surface area contributed by atoms with Crippen LogP contribution in [0.3, 0.4) is 0 Å². The monoisotopic (exact) mass is 1460 g/mol. The minimum absolute atomic E-state index is 0.180. The molecule has 0 saturated heterocycles. The Kier molecular flexibility index (Phi) is 81.3. The largest absolute Gasteiger partial charge is 0.477 e. The molecule has 0 rings (SSSR count). The molecule has 9 heteroatoms. The number of carbonyl (C=O) groups excluding carboxylic acids is 2. The molecule has 9 nitrogen and oxygen atoms in total. The van der Waals surface area contributed by atoms with Gasteiger partial charge in [-0.25, -0.2) is 4.79 Å². The number of carboxylic acid groups (broad SMARTS) is 1. The SMILES string of the molecule is CC/C=C\C/C=C\C/C=C\C/C=C\C/C=C\C/C=C\CCCCCCCCCCCCCCCCCCCCCCCCC(=O)OC(COC(=O)CCCCCCCCCCCCCCCCCCCCCCCCC/C=C\C/C=C\C/C=C\C/C=C\C/C=C\CC)COC(OCC[N+](C)(C)C)C(=O)O. The second-order valence-electron chi connectivity index (χ2n) is 30.8. The molecule has 0 bridgehead atoms. The summed E-state index contributed by atoms with van der Waals surface area (Å²) < 4.78 is 23.1. The Bertz CT molecular complexity index is 2200. The van der Waals surface area contributed by atoms with Crippen LogP contribution in [-0.2, 0) is 33.3 Å². The highest BCUT2D eigenvalue weighted by atomic mass is 16.7. The van der Waals surface area contributed by atoms with Crippen molar-refractivity contribution in [3.63, 3.8) is 0 Å². The van der Waals surface area contributed by atoms with E-state index in [-0.39, 0.29) is 38.2 Å². The van der Waals surface area contributed by atoms with Crippen LogP contribution in [0.5, 0.6) is 0 Å². The molecule has 0 fully saturated rings. The highest BCUT2D eigenvalue weighted by molar-refractivity contribution is 5.71. The average Bonchev–Trinajstić information content (AvgIpc) is 1.18. The normalized spacial score (nSPS) is 13.3. The molecule has 0 aromatic rings. The van der Waals surface area contributed by atoms with Crippen molar-refractivity contribution in [2.24, 2.45) is 0 Å². The second kappa shape index (κ2) is 85.0. The Morgan fingerprint density at radius 1 is 0.286 bits per heavy atom. The molecule has 604 valence electrons. The summed E-state index contributed by atoms with van der Waals surface area (Å²) in [6, 6.07) is 0. The van der Waals surface area contributed by atoms with E-state index < -0.39 is 18.4 Å². The van der Waals surface area contributed by atoms with E-state index in [1.54, 1.807) is 0 Å². The zero-order chi connectivity index (χ0) is 76.0. The van der Waals surface area contributed by atoms with Crippen LogP contribution >= 0.6 is 0 Å². The molecule has 0 amide bonds. The summed E-state index contributed by atoms with van der Waals surface area (Å²) >= 11 is 0. The summed E-state index contributed by atoms with van der Waals surface area (Å²) in [5.74, 6) is -1.98. The first kappa shape index (κ1) is 100. The van der Waals surface area contributed by atoms with Gasteiger partial charge in [-0.3, -0.25) is 9.59 Å². The van der Waals surface area contributed by atoms with E-state index in [0.29, 0.717) is 17.4 Å². The summed E-state index contributed by atoms with van der Waals surface area (Å²) in [6.45, 7) is 4.70. The van der Waals surface area contributed by atoms with Crippen molar-refractivity contribution in [1.82, 2.24) is 0 Å². The Hall–Kier alpha value is -4.57. The summed E-state index contributed by atoms with van der Waals surface area (Å²) in [7, 11) is 6.00. The minimum atomic E-state index is -1.51.